The fourth-order valence-electron chi connectivity index (χ4n) is 2.76. The van der Waals surface area contributed by atoms with Crippen molar-refractivity contribution >= 4 is 16.6 Å². The fourth-order valence-corrected chi connectivity index (χ4v) is 2.76. The summed E-state index contributed by atoms with van der Waals surface area (Å²) in [6.45, 7) is 1.74. The minimum Gasteiger partial charge on any atom is -0.339 e. The Bertz CT molecular complexity index is 838. The summed E-state index contributed by atoms with van der Waals surface area (Å²) in [5.74, 6) is 0. The summed E-state index contributed by atoms with van der Waals surface area (Å²) in [7, 11) is 4.08. The van der Waals surface area contributed by atoms with E-state index in [2.05, 4.69) is 21.6 Å². The van der Waals surface area contributed by atoms with E-state index >= 15 is 0 Å². The molecule has 5 heteroatoms. The van der Waals surface area contributed by atoms with Gasteiger partial charge >= 0.3 is 0 Å². The van der Waals surface area contributed by atoms with Gasteiger partial charge in [-0.1, -0.05) is 30.3 Å². The molecule has 3 aromatic rings. The van der Waals surface area contributed by atoms with E-state index in [1.807, 2.05) is 44.4 Å². The molecule has 0 fully saturated rings. The molecular weight excluding hydrogens is 290 g/mol. The van der Waals surface area contributed by atoms with E-state index in [0.717, 1.165) is 35.2 Å². The predicted octanol–water partition coefficient (Wildman–Crippen LogP) is 3.78. The van der Waals surface area contributed by atoms with Crippen LogP contribution in [0.15, 0.2) is 54.6 Å². The Labute approximate surface area is 134 Å². The third-order valence-electron chi connectivity index (χ3n) is 3.94. The van der Waals surface area contributed by atoms with Crippen LogP contribution in [0.25, 0.3) is 22.2 Å². The average Bonchev–Trinajstić information content (AvgIpc) is 2.91. The second kappa shape index (κ2) is 6.22. The number of nitrogens with zero attached hydrogens (tertiary/aromatic N) is 3. The molecule has 0 aliphatic heterocycles. The van der Waals surface area contributed by atoms with Crippen molar-refractivity contribution in [3.8, 4) is 11.3 Å². The van der Waals surface area contributed by atoms with Gasteiger partial charge in [0.2, 0.25) is 0 Å². The van der Waals surface area contributed by atoms with Gasteiger partial charge in [-0.05, 0) is 31.8 Å². The van der Waals surface area contributed by atoms with Crippen molar-refractivity contribution in [3.05, 3.63) is 64.7 Å². The van der Waals surface area contributed by atoms with E-state index in [1.54, 1.807) is 12.1 Å². The molecule has 0 spiro atoms. The van der Waals surface area contributed by atoms with E-state index in [-0.39, 0.29) is 10.6 Å². The maximum atomic E-state index is 11.0. The van der Waals surface area contributed by atoms with Crippen LogP contribution in [0, 0.1) is 10.1 Å². The molecule has 0 amide bonds. The number of rotatable bonds is 5. The van der Waals surface area contributed by atoms with Gasteiger partial charge in [0.05, 0.1) is 4.92 Å². The zero-order valence-electron chi connectivity index (χ0n) is 13.3. The van der Waals surface area contributed by atoms with E-state index < -0.39 is 0 Å². The first kappa shape index (κ1) is 15.2. The Morgan fingerprint density at radius 3 is 2.48 bits per heavy atom. The predicted molar refractivity (Wildman–Crippen MR) is 92.6 cm³/mol. The summed E-state index contributed by atoms with van der Waals surface area (Å²) in [6, 6.07) is 17.2. The molecule has 5 nitrogen and oxygen atoms in total. The molecule has 0 aliphatic rings. The van der Waals surface area contributed by atoms with Gasteiger partial charge in [-0.25, -0.2) is 0 Å². The molecule has 0 saturated heterocycles. The number of nitro benzene ring substituents is 1. The number of aromatic nitrogens is 1. The molecule has 1 heterocycles. The van der Waals surface area contributed by atoms with Gasteiger partial charge in [0.25, 0.3) is 5.69 Å². The van der Waals surface area contributed by atoms with Gasteiger partial charge < -0.3 is 9.47 Å². The van der Waals surface area contributed by atoms with Crippen molar-refractivity contribution in [2.75, 3.05) is 20.6 Å². The minimum atomic E-state index is -0.348. The van der Waals surface area contributed by atoms with Crippen molar-refractivity contribution in [3.63, 3.8) is 0 Å². The number of hydrogen-bond donors (Lipinski definition) is 0. The molecule has 23 heavy (non-hydrogen) atoms. The van der Waals surface area contributed by atoms with Crippen molar-refractivity contribution in [1.82, 2.24) is 9.47 Å². The number of non-ortho nitro benzene ring substituents is 1. The van der Waals surface area contributed by atoms with Gasteiger partial charge in [0, 0.05) is 41.8 Å². The second-order valence-electron chi connectivity index (χ2n) is 5.85. The molecule has 0 saturated carbocycles. The quantitative estimate of drug-likeness (QED) is 0.532. The van der Waals surface area contributed by atoms with Crippen LogP contribution in [-0.4, -0.2) is 35.0 Å². The van der Waals surface area contributed by atoms with Crippen LogP contribution in [0.4, 0.5) is 5.69 Å². The molecule has 3 rings (SSSR count). The van der Waals surface area contributed by atoms with Crippen LogP contribution in [0.2, 0.25) is 0 Å². The molecule has 118 valence electrons. The lowest BCUT2D eigenvalue weighted by atomic mass is 10.1. The van der Waals surface area contributed by atoms with Crippen molar-refractivity contribution in [1.29, 1.82) is 0 Å². The van der Waals surface area contributed by atoms with Gasteiger partial charge in [0.1, 0.15) is 0 Å². The lowest BCUT2D eigenvalue weighted by Gasteiger charge is -2.14. The molecule has 0 radical (unpaired) electrons. The standard InChI is InChI=1S/C18H19N3O2/c1-19(2)10-11-20-17-9-8-16(21(22)23)12-15(17)13-18(20)14-6-4-3-5-7-14/h3-9,12-13H,10-11H2,1-2H3. The van der Waals surface area contributed by atoms with E-state index in [9.17, 15) is 10.1 Å². The highest BCUT2D eigenvalue weighted by molar-refractivity contribution is 5.88. The highest BCUT2D eigenvalue weighted by atomic mass is 16.6. The molecule has 0 atom stereocenters. The first-order chi connectivity index (χ1) is 11.1. The molecule has 1 aromatic heterocycles. The van der Waals surface area contributed by atoms with Crippen LogP contribution in [0.5, 0.6) is 0 Å². The van der Waals surface area contributed by atoms with Crippen LogP contribution >= 0.6 is 0 Å². The molecule has 2 aromatic carbocycles. The molecule has 0 unspecified atom stereocenters. The number of likely N-dealkylation sites (N-methyl/N-ethyl adjacent to an activating group) is 1. The Morgan fingerprint density at radius 2 is 1.83 bits per heavy atom. The fraction of sp³-hybridized carbons (Fsp3) is 0.222. The van der Waals surface area contributed by atoms with Gasteiger partial charge in [-0.15, -0.1) is 0 Å². The summed E-state index contributed by atoms with van der Waals surface area (Å²) in [6.07, 6.45) is 0. The van der Waals surface area contributed by atoms with Crippen molar-refractivity contribution in [2.24, 2.45) is 0 Å². The van der Waals surface area contributed by atoms with Crippen LogP contribution in [0.1, 0.15) is 0 Å². The largest absolute Gasteiger partial charge is 0.339 e. The first-order valence-electron chi connectivity index (χ1n) is 7.54. The number of hydrogen-bond acceptors (Lipinski definition) is 3. The zero-order valence-corrected chi connectivity index (χ0v) is 13.3. The Hall–Kier alpha value is -2.66. The summed E-state index contributed by atoms with van der Waals surface area (Å²) >= 11 is 0. The number of benzene rings is 2. The van der Waals surface area contributed by atoms with Crippen LogP contribution in [0.3, 0.4) is 0 Å². The highest BCUT2D eigenvalue weighted by Crippen LogP contribution is 2.30. The van der Waals surface area contributed by atoms with Gasteiger partial charge in [-0.2, -0.15) is 0 Å². The monoisotopic (exact) mass is 309 g/mol. The zero-order chi connectivity index (χ0) is 16.4. The van der Waals surface area contributed by atoms with Crippen LogP contribution < -0.4 is 0 Å². The maximum absolute atomic E-state index is 11.0. The van der Waals surface area contributed by atoms with Gasteiger partial charge in [-0.3, -0.25) is 10.1 Å². The van der Waals surface area contributed by atoms with Crippen molar-refractivity contribution < 1.29 is 4.92 Å². The topological polar surface area (TPSA) is 51.3 Å². The smallest absolute Gasteiger partial charge is 0.270 e. The lowest BCUT2D eigenvalue weighted by Crippen LogP contribution is -2.18. The second-order valence-corrected chi connectivity index (χ2v) is 5.85. The summed E-state index contributed by atoms with van der Waals surface area (Å²) in [5, 5.41) is 11.9. The molecule has 0 bridgehead atoms. The Morgan fingerprint density at radius 1 is 1.09 bits per heavy atom. The van der Waals surface area contributed by atoms with Crippen molar-refractivity contribution in [2.45, 2.75) is 6.54 Å². The number of fused-ring (bicyclic) bond motifs is 1. The first-order valence-corrected chi connectivity index (χ1v) is 7.54. The number of nitro groups is 1. The van der Waals surface area contributed by atoms with E-state index in [1.165, 1.54) is 0 Å². The summed E-state index contributed by atoms with van der Waals surface area (Å²) in [5.41, 5.74) is 3.35. The third kappa shape index (κ3) is 3.10. The normalized spacial score (nSPS) is 11.3. The molecule has 0 N–H and O–H groups in total. The Kier molecular flexibility index (Phi) is 4.12. The molecular formula is C18H19N3O2. The summed E-state index contributed by atoms with van der Waals surface area (Å²) < 4.78 is 2.23. The van der Waals surface area contributed by atoms with E-state index in [4.69, 9.17) is 0 Å². The average molecular weight is 309 g/mol. The summed E-state index contributed by atoms with van der Waals surface area (Å²) in [4.78, 5) is 12.8. The third-order valence-corrected chi connectivity index (χ3v) is 3.94. The SMILES string of the molecule is CN(C)CCn1c(-c2ccccc2)cc2cc([N+](=O)[O-])ccc21. The maximum Gasteiger partial charge on any atom is 0.270 e. The van der Waals surface area contributed by atoms with Crippen LogP contribution in [-0.2, 0) is 6.54 Å². The Balaban J connectivity index is 2.16. The highest BCUT2D eigenvalue weighted by Gasteiger charge is 2.14. The molecule has 0 aliphatic carbocycles. The minimum absolute atomic E-state index is 0.127. The van der Waals surface area contributed by atoms with Gasteiger partial charge in [0.15, 0.2) is 0 Å². The lowest BCUT2D eigenvalue weighted by molar-refractivity contribution is -0.384. The van der Waals surface area contributed by atoms with E-state index in [0.29, 0.717) is 0 Å².